The molecule has 0 atom stereocenters. The molecule has 0 aliphatic carbocycles. The first kappa shape index (κ1) is 18.6. The Bertz CT molecular complexity index is 777. The number of rotatable bonds is 8. The van der Waals surface area contributed by atoms with Crippen molar-refractivity contribution >= 4 is 32.0 Å². The van der Waals surface area contributed by atoms with E-state index in [0.717, 1.165) is 0 Å². The maximum Gasteiger partial charge on any atom is 0.340 e. The second kappa shape index (κ2) is 7.91. The van der Waals surface area contributed by atoms with Gasteiger partial charge in [0.15, 0.2) is 0 Å². The molecule has 0 fully saturated rings. The standard InChI is InChI=1S/C15H16O6S3/c1-2-22-15(23(16,17)20-13-9-5-3-6-10-13)24(18,19)21-14-11-7-4-8-12-14/h3-12,15H,2H2,1H3. The van der Waals surface area contributed by atoms with E-state index in [2.05, 4.69) is 0 Å². The van der Waals surface area contributed by atoms with Gasteiger partial charge in [0, 0.05) is 0 Å². The summed E-state index contributed by atoms with van der Waals surface area (Å²) in [6, 6.07) is 15.4. The van der Waals surface area contributed by atoms with Gasteiger partial charge in [0.05, 0.1) is 0 Å². The maximum atomic E-state index is 12.4. The van der Waals surface area contributed by atoms with Gasteiger partial charge in [0.1, 0.15) is 11.5 Å². The molecule has 0 unspecified atom stereocenters. The van der Waals surface area contributed by atoms with Crippen molar-refractivity contribution in [2.24, 2.45) is 0 Å². The molecular weight excluding hydrogens is 372 g/mol. The van der Waals surface area contributed by atoms with Crippen LogP contribution in [0.4, 0.5) is 0 Å². The van der Waals surface area contributed by atoms with Crippen LogP contribution in [0.3, 0.4) is 0 Å². The predicted octanol–water partition coefficient (Wildman–Crippen LogP) is 2.84. The molecule has 9 heteroatoms. The number of para-hydroxylation sites is 2. The summed E-state index contributed by atoms with van der Waals surface area (Å²) in [5.41, 5.74) is 0. The third kappa shape index (κ3) is 4.89. The van der Waals surface area contributed by atoms with Crippen LogP contribution < -0.4 is 8.37 Å². The van der Waals surface area contributed by atoms with Crippen LogP contribution in [-0.4, -0.2) is 26.5 Å². The van der Waals surface area contributed by atoms with Gasteiger partial charge in [-0.2, -0.15) is 16.8 Å². The lowest BCUT2D eigenvalue weighted by atomic mass is 10.3. The van der Waals surface area contributed by atoms with Gasteiger partial charge in [-0.25, -0.2) is 0 Å². The van der Waals surface area contributed by atoms with E-state index in [-0.39, 0.29) is 17.3 Å². The molecule has 0 aliphatic rings. The van der Waals surface area contributed by atoms with Gasteiger partial charge in [-0.1, -0.05) is 43.3 Å². The Hall–Kier alpha value is -1.71. The summed E-state index contributed by atoms with van der Waals surface area (Å²) in [5.74, 6) is 0.322. The van der Waals surface area contributed by atoms with Crippen molar-refractivity contribution in [3.63, 3.8) is 0 Å². The van der Waals surface area contributed by atoms with Gasteiger partial charge in [-0.3, -0.25) is 0 Å². The smallest absolute Gasteiger partial charge is 0.340 e. The lowest BCUT2D eigenvalue weighted by Crippen LogP contribution is -2.34. The first-order chi connectivity index (χ1) is 11.3. The van der Waals surface area contributed by atoms with Crippen LogP contribution in [0.2, 0.25) is 0 Å². The third-order valence-corrected chi connectivity index (χ3v) is 8.73. The van der Waals surface area contributed by atoms with Gasteiger partial charge >= 0.3 is 20.2 Å². The SMILES string of the molecule is CCSC(S(=O)(=O)Oc1ccccc1)S(=O)(=O)Oc1ccccc1. The maximum absolute atomic E-state index is 12.4. The molecule has 0 radical (unpaired) electrons. The molecule has 0 spiro atoms. The summed E-state index contributed by atoms with van der Waals surface area (Å²) in [4.78, 5) is 0. The molecule has 0 bridgehead atoms. The number of hydrogen-bond donors (Lipinski definition) is 0. The monoisotopic (exact) mass is 388 g/mol. The fourth-order valence-electron chi connectivity index (χ4n) is 1.75. The van der Waals surface area contributed by atoms with E-state index in [0.29, 0.717) is 11.8 Å². The molecule has 0 saturated heterocycles. The molecule has 2 rings (SSSR count). The zero-order valence-corrected chi connectivity index (χ0v) is 15.2. The van der Waals surface area contributed by atoms with Gasteiger partial charge in [-0.15, -0.1) is 11.8 Å². The van der Waals surface area contributed by atoms with Crippen molar-refractivity contribution in [2.45, 2.75) is 10.8 Å². The second-order valence-electron chi connectivity index (χ2n) is 4.52. The topological polar surface area (TPSA) is 86.7 Å². The second-order valence-corrected chi connectivity index (χ2v) is 10.0. The molecule has 24 heavy (non-hydrogen) atoms. The molecule has 2 aromatic carbocycles. The minimum Gasteiger partial charge on any atom is -0.381 e. The summed E-state index contributed by atoms with van der Waals surface area (Å²) >= 11 is 0.703. The quantitative estimate of drug-likeness (QED) is 0.643. The van der Waals surface area contributed by atoms with Crippen molar-refractivity contribution in [3.8, 4) is 11.5 Å². The highest BCUT2D eigenvalue weighted by atomic mass is 32.3. The molecular formula is C15H16O6S3. The molecule has 2 aromatic rings. The van der Waals surface area contributed by atoms with Gasteiger partial charge in [0.2, 0.25) is 0 Å². The summed E-state index contributed by atoms with van der Waals surface area (Å²) in [5, 5.41) is 0. The van der Waals surface area contributed by atoms with E-state index in [1.165, 1.54) is 24.3 Å². The zero-order valence-electron chi connectivity index (χ0n) is 12.7. The predicted molar refractivity (Wildman–Crippen MR) is 93.9 cm³/mol. The minimum absolute atomic E-state index is 0.0362. The van der Waals surface area contributed by atoms with Crippen molar-refractivity contribution in [1.29, 1.82) is 0 Å². The van der Waals surface area contributed by atoms with Crippen molar-refractivity contribution < 1.29 is 25.2 Å². The van der Waals surface area contributed by atoms with Gasteiger partial charge in [0.25, 0.3) is 3.91 Å². The highest BCUT2D eigenvalue weighted by Crippen LogP contribution is 2.28. The molecule has 0 amide bonds. The van der Waals surface area contributed by atoms with Crippen LogP contribution in [0.1, 0.15) is 6.92 Å². The Morgan fingerprint density at radius 2 is 1.17 bits per heavy atom. The average molecular weight is 388 g/mol. The molecule has 0 aliphatic heterocycles. The Balaban J connectivity index is 2.30. The van der Waals surface area contributed by atoms with Crippen LogP contribution in [0, 0.1) is 0 Å². The van der Waals surface area contributed by atoms with Gasteiger partial charge in [-0.05, 0) is 30.0 Å². The highest BCUT2D eigenvalue weighted by molar-refractivity contribution is 8.25. The van der Waals surface area contributed by atoms with Gasteiger partial charge < -0.3 is 8.37 Å². The Labute approximate surface area is 146 Å². The Morgan fingerprint density at radius 3 is 1.50 bits per heavy atom. The fraction of sp³-hybridized carbons (Fsp3) is 0.200. The molecule has 0 saturated carbocycles. The lowest BCUT2D eigenvalue weighted by molar-refractivity contribution is 0.471. The number of hydrogen-bond acceptors (Lipinski definition) is 7. The number of benzene rings is 2. The third-order valence-electron chi connectivity index (χ3n) is 2.69. The molecule has 0 aromatic heterocycles. The summed E-state index contributed by atoms with van der Waals surface area (Å²) in [6.07, 6.45) is 0. The first-order valence-corrected chi connectivity index (χ1v) is 10.9. The van der Waals surface area contributed by atoms with E-state index in [4.69, 9.17) is 8.37 Å². The summed E-state index contributed by atoms with van der Waals surface area (Å²) in [6.45, 7) is 1.65. The van der Waals surface area contributed by atoms with Crippen LogP contribution >= 0.6 is 11.8 Å². The largest absolute Gasteiger partial charge is 0.381 e. The molecule has 0 N–H and O–H groups in total. The normalized spacial score (nSPS) is 12.1. The van der Waals surface area contributed by atoms with E-state index in [1.807, 2.05) is 0 Å². The van der Waals surface area contributed by atoms with Crippen LogP contribution in [0.25, 0.3) is 0 Å². The van der Waals surface area contributed by atoms with Crippen LogP contribution in [-0.2, 0) is 20.2 Å². The average Bonchev–Trinajstić information content (AvgIpc) is 2.53. The zero-order chi connectivity index (χ0) is 17.6. The van der Waals surface area contributed by atoms with E-state index in [9.17, 15) is 16.8 Å². The Morgan fingerprint density at radius 1 is 0.792 bits per heavy atom. The summed E-state index contributed by atoms with van der Waals surface area (Å²) < 4.78 is 57.7. The van der Waals surface area contributed by atoms with Crippen molar-refractivity contribution in [1.82, 2.24) is 0 Å². The minimum atomic E-state index is -4.47. The molecule has 0 heterocycles. The van der Waals surface area contributed by atoms with Crippen molar-refractivity contribution in [3.05, 3.63) is 60.7 Å². The number of thioether (sulfide) groups is 1. The summed E-state index contributed by atoms with van der Waals surface area (Å²) in [7, 11) is -8.93. The molecule has 6 nitrogen and oxygen atoms in total. The molecule has 130 valence electrons. The fourth-order valence-corrected chi connectivity index (χ4v) is 6.71. The van der Waals surface area contributed by atoms with E-state index in [1.54, 1.807) is 43.3 Å². The highest BCUT2D eigenvalue weighted by Gasteiger charge is 2.42. The van der Waals surface area contributed by atoms with E-state index < -0.39 is 24.2 Å². The van der Waals surface area contributed by atoms with Crippen molar-refractivity contribution in [2.75, 3.05) is 5.75 Å². The lowest BCUT2D eigenvalue weighted by Gasteiger charge is -2.17. The van der Waals surface area contributed by atoms with Crippen LogP contribution in [0.5, 0.6) is 11.5 Å². The van der Waals surface area contributed by atoms with E-state index >= 15 is 0 Å². The Kier molecular flexibility index (Phi) is 6.14. The first-order valence-electron chi connectivity index (χ1n) is 6.93. The van der Waals surface area contributed by atoms with Crippen LogP contribution in [0.15, 0.2) is 60.7 Å².